The molecule has 0 saturated heterocycles. The molecule has 0 heterocycles. The summed E-state index contributed by atoms with van der Waals surface area (Å²) in [4.78, 5) is 22.7. The normalized spacial score (nSPS) is 11.4. The fraction of sp³-hybridized carbons (Fsp3) is 0.188. The number of carbonyl (C=O) groups excluding carboxylic acids is 1. The molecule has 10 heteroatoms. The summed E-state index contributed by atoms with van der Waals surface area (Å²) in [5.74, 6) is -0.616. The van der Waals surface area contributed by atoms with Crippen LogP contribution >= 0.6 is 11.6 Å². The molecular formula is C16H16ClN3O5S. The Morgan fingerprint density at radius 2 is 1.85 bits per heavy atom. The first-order valence-electron chi connectivity index (χ1n) is 7.32. The van der Waals surface area contributed by atoms with Crippen LogP contribution < -0.4 is 5.32 Å². The quantitative estimate of drug-likeness (QED) is 0.615. The molecule has 0 aliphatic heterocycles. The van der Waals surface area contributed by atoms with Gasteiger partial charge in [-0.3, -0.25) is 14.9 Å². The van der Waals surface area contributed by atoms with Gasteiger partial charge < -0.3 is 5.32 Å². The van der Waals surface area contributed by atoms with Gasteiger partial charge in [0, 0.05) is 37.0 Å². The molecular weight excluding hydrogens is 382 g/mol. The van der Waals surface area contributed by atoms with Gasteiger partial charge in [0.1, 0.15) is 4.90 Å². The predicted octanol–water partition coefficient (Wildman–Crippen LogP) is 3.06. The largest absolute Gasteiger partial charge is 0.322 e. The molecule has 0 unspecified atom stereocenters. The van der Waals surface area contributed by atoms with Crippen LogP contribution in [0, 0.1) is 17.0 Å². The summed E-state index contributed by atoms with van der Waals surface area (Å²) in [5.41, 5.74) is 0.603. The van der Waals surface area contributed by atoms with Crippen molar-refractivity contribution < 1.29 is 18.1 Å². The molecule has 0 bridgehead atoms. The van der Waals surface area contributed by atoms with E-state index in [-0.39, 0.29) is 26.9 Å². The van der Waals surface area contributed by atoms with Gasteiger partial charge in [-0.1, -0.05) is 17.7 Å². The summed E-state index contributed by atoms with van der Waals surface area (Å²) in [6.45, 7) is 1.58. The summed E-state index contributed by atoms with van der Waals surface area (Å²) in [5, 5.41) is 13.5. The van der Waals surface area contributed by atoms with Crippen LogP contribution in [-0.4, -0.2) is 37.6 Å². The van der Waals surface area contributed by atoms with Crippen LogP contribution in [0.25, 0.3) is 0 Å². The number of nitrogens with one attached hydrogen (secondary N) is 1. The Morgan fingerprint density at radius 3 is 2.42 bits per heavy atom. The van der Waals surface area contributed by atoms with Crippen LogP contribution in [0.2, 0.25) is 5.02 Å². The number of hydrogen-bond acceptors (Lipinski definition) is 5. The molecule has 0 aromatic heterocycles. The molecule has 0 aliphatic carbocycles. The third-order valence-electron chi connectivity index (χ3n) is 3.62. The van der Waals surface area contributed by atoms with Crippen molar-refractivity contribution in [2.75, 3.05) is 19.4 Å². The van der Waals surface area contributed by atoms with Crippen molar-refractivity contribution in [1.29, 1.82) is 0 Å². The number of benzene rings is 2. The van der Waals surface area contributed by atoms with Crippen molar-refractivity contribution in [3.63, 3.8) is 0 Å². The number of nitrogens with zero attached hydrogens (tertiary/aromatic N) is 2. The molecule has 138 valence electrons. The third-order valence-corrected chi connectivity index (χ3v) is 5.91. The number of nitro benzene ring substituents is 1. The van der Waals surface area contributed by atoms with E-state index in [0.717, 1.165) is 10.4 Å². The zero-order chi connectivity index (χ0) is 19.6. The lowest BCUT2D eigenvalue weighted by Gasteiger charge is -2.14. The first-order valence-corrected chi connectivity index (χ1v) is 9.14. The zero-order valence-electron chi connectivity index (χ0n) is 14.2. The number of rotatable bonds is 5. The van der Waals surface area contributed by atoms with Gasteiger partial charge in [0.15, 0.2) is 0 Å². The summed E-state index contributed by atoms with van der Waals surface area (Å²) >= 11 is 5.95. The molecule has 1 N–H and O–H groups in total. The van der Waals surface area contributed by atoms with Gasteiger partial charge >= 0.3 is 0 Å². The highest BCUT2D eigenvalue weighted by atomic mass is 35.5. The second-order valence-electron chi connectivity index (χ2n) is 5.65. The SMILES string of the molecule is Cc1ccc(NC(=O)c2ccc(Cl)c(S(=O)(=O)N(C)C)c2)cc1[N+](=O)[O-]. The minimum Gasteiger partial charge on any atom is -0.322 e. The van der Waals surface area contributed by atoms with Gasteiger partial charge in [-0.2, -0.15) is 0 Å². The summed E-state index contributed by atoms with van der Waals surface area (Å²) in [6, 6.07) is 8.11. The van der Waals surface area contributed by atoms with Crippen molar-refractivity contribution in [2.24, 2.45) is 0 Å². The fourth-order valence-electron chi connectivity index (χ4n) is 2.13. The Labute approximate surface area is 155 Å². The van der Waals surface area contributed by atoms with E-state index in [1.54, 1.807) is 6.92 Å². The maximum Gasteiger partial charge on any atom is 0.274 e. The second kappa shape index (κ2) is 7.40. The van der Waals surface area contributed by atoms with Crippen LogP contribution in [0.1, 0.15) is 15.9 Å². The number of nitro groups is 1. The maximum absolute atomic E-state index is 12.4. The van der Waals surface area contributed by atoms with Crippen molar-refractivity contribution >= 4 is 38.9 Å². The van der Waals surface area contributed by atoms with Gasteiger partial charge in [-0.25, -0.2) is 12.7 Å². The predicted molar refractivity (Wildman–Crippen MR) is 98.1 cm³/mol. The van der Waals surface area contributed by atoms with E-state index in [9.17, 15) is 23.3 Å². The summed E-state index contributed by atoms with van der Waals surface area (Å²) in [6.07, 6.45) is 0. The molecule has 0 radical (unpaired) electrons. The van der Waals surface area contributed by atoms with Crippen LogP contribution in [0.15, 0.2) is 41.3 Å². The number of carbonyl (C=O) groups is 1. The van der Waals surface area contributed by atoms with Gasteiger partial charge in [-0.05, 0) is 31.2 Å². The highest BCUT2D eigenvalue weighted by Crippen LogP contribution is 2.26. The molecule has 2 aromatic rings. The van der Waals surface area contributed by atoms with Gasteiger partial charge in [-0.15, -0.1) is 0 Å². The van der Waals surface area contributed by atoms with E-state index in [0.29, 0.717) is 5.56 Å². The first kappa shape index (κ1) is 19.8. The maximum atomic E-state index is 12.4. The molecule has 26 heavy (non-hydrogen) atoms. The lowest BCUT2D eigenvalue weighted by molar-refractivity contribution is -0.385. The van der Waals surface area contributed by atoms with Gasteiger partial charge in [0.2, 0.25) is 10.0 Å². The van der Waals surface area contributed by atoms with E-state index in [4.69, 9.17) is 11.6 Å². The number of sulfonamides is 1. The van der Waals surface area contributed by atoms with E-state index >= 15 is 0 Å². The van der Waals surface area contributed by atoms with Gasteiger partial charge in [0.25, 0.3) is 11.6 Å². The molecule has 0 saturated carbocycles. The Bertz CT molecular complexity index is 989. The Morgan fingerprint density at radius 1 is 1.19 bits per heavy atom. The molecule has 0 aliphatic rings. The lowest BCUT2D eigenvalue weighted by Crippen LogP contribution is -2.23. The Kier molecular flexibility index (Phi) is 5.65. The average molecular weight is 398 g/mol. The van der Waals surface area contributed by atoms with Gasteiger partial charge in [0.05, 0.1) is 9.95 Å². The molecule has 2 rings (SSSR count). The highest BCUT2D eigenvalue weighted by molar-refractivity contribution is 7.89. The Balaban J connectivity index is 2.37. The van der Waals surface area contributed by atoms with Crippen molar-refractivity contribution in [1.82, 2.24) is 4.31 Å². The van der Waals surface area contributed by atoms with Crippen molar-refractivity contribution in [2.45, 2.75) is 11.8 Å². The topological polar surface area (TPSA) is 110 Å². The van der Waals surface area contributed by atoms with Crippen LogP contribution in [0.3, 0.4) is 0 Å². The molecule has 2 aromatic carbocycles. The fourth-order valence-corrected chi connectivity index (χ4v) is 3.52. The lowest BCUT2D eigenvalue weighted by atomic mass is 10.1. The molecule has 0 atom stereocenters. The van der Waals surface area contributed by atoms with Crippen LogP contribution in [-0.2, 0) is 10.0 Å². The van der Waals surface area contributed by atoms with Crippen molar-refractivity contribution in [3.8, 4) is 0 Å². The second-order valence-corrected chi connectivity index (χ2v) is 8.17. The third kappa shape index (κ3) is 4.01. The minimum absolute atomic E-state index is 0.0128. The first-order chi connectivity index (χ1) is 12.0. The van der Waals surface area contributed by atoms with E-state index < -0.39 is 20.9 Å². The monoisotopic (exact) mass is 397 g/mol. The minimum atomic E-state index is -3.83. The van der Waals surface area contributed by atoms with E-state index in [1.165, 1.54) is 44.4 Å². The molecule has 8 nitrogen and oxygen atoms in total. The standard InChI is InChI=1S/C16H16ClN3O5S/c1-10-4-6-12(9-14(10)20(22)23)18-16(21)11-5-7-13(17)15(8-11)26(24,25)19(2)3/h4-9H,1-3H3,(H,18,21). The molecule has 0 fully saturated rings. The number of hydrogen-bond donors (Lipinski definition) is 1. The average Bonchev–Trinajstić information content (AvgIpc) is 2.56. The van der Waals surface area contributed by atoms with E-state index in [2.05, 4.69) is 5.32 Å². The number of halogens is 1. The number of aryl methyl sites for hydroxylation is 1. The molecule has 0 spiro atoms. The van der Waals surface area contributed by atoms with E-state index in [1.807, 2.05) is 0 Å². The number of amides is 1. The summed E-state index contributed by atoms with van der Waals surface area (Å²) < 4.78 is 25.5. The summed E-state index contributed by atoms with van der Waals surface area (Å²) in [7, 11) is -1.13. The Hall–Kier alpha value is -2.49. The zero-order valence-corrected chi connectivity index (χ0v) is 15.8. The van der Waals surface area contributed by atoms with Crippen molar-refractivity contribution in [3.05, 3.63) is 62.7 Å². The molecule has 1 amide bonds. The smallest absolute Gasteiger partial charge is 0.274 e. The van der Waals surface area contributed by atoms with Crippen LogP contribution in [0.4, 0.5) is 11.4 Å². The highest BCUT2D eigenvalue weighted by Gasteiger charge is 2.22. The van der Waals surface area contributed by atoms with Crippen LogP contribution in [0.5, 0.6) is 0 Å². The number of anilines is 1.